The SMILES string of the molecule is NC(=O)[C@H](CCC(F)(F)F)[C@@H](C(=O)N[C@H]1N=C(c2ccccc2)c2ccccc2N(c2ccccn2)C1=O)c1ccccc1. The fraction of sp³-hybridized carbons (Fsp3) is 0.182. The topological polar surface area (TPSA) is 118 Å². The zero-order valence-electron chi connectivity index (χ0n) is 23.3. The molecule has 4 aromatic rings. The van der Waals surface area contributed by atoms with Crippen molar-refractivity contribution in [1.82, 2.24) is 10.3 Å². The van der Waals surface area contributed by atoms with E-state index in [2.05, 4.69) is 10.3 Å². The molecule has 0 aliphatic carbocycles. The molecule has 224 valence electrons. The fourth-order valence-electron chi connectivity index (χ4n) is 5.25. The summed E-state index contributed by atoms with van der Waals surface area (Å²) in [4.78, 5) is 51.3. The number of amides is 3. The quantitative estimate of drug-likeness (QED) is 0.273. The van der Waals surface area contributed by atoms with E-state index in [4.69, 9.17) is 10.7 Å². The molecule has 0 fully saturated rings. The van der Waals surface area contributed by atoms with E-state index in [9.17, 15) is 27.6 Å². The number of primary amides is 1. The first kappa shape index (κ1) is 30.1. The first-order valence-corrected chi connectivity index (χ1v) is 13.8. The Balaban J connectivity index is 1.61. The van der Waals surface area contributed by atoms with Crippen LogP contribution in [0.25, 0.3) is 0 Å². The normalized spacial score (nSPS) is 16.2. The van der Waals surface area contributed by atoms with Gasteiger partial charge in [-0.15, -0.1) is 0 Å². The molecule has 3 amide bonds. The van der Waals surface area contributed by atoms with Crippen LogP contribution in [0.2, 0.25) is 0 Å². The summed E-state index contributed by atoms with van der Waals surface area (Å²) in [5.74, 6) is -5.26. The number of para-hydroxylation sites is 1. The van der Waals surface area contributed by atoms with Gasteiger partial charge in [0.15, 0.2) is 0 Å². The molecule has 3 atom stereocenters. The number of benzene rings is 3. The molecule has 8 nitrogen and oxygen atoms in total. The number of anilines is 2. The van der Waals surface area contributed by atoms with Crippen LogP contribution >= 0.6 is 0 Å². The van der Waals surface area contributed by atoms with E-state index in [0.29, 0.717) is 22.5 Å². The van der Waals surface area contributed by atoms with Gasteiger partial charge in [0.05, 0.1) is 23.2 Å². The lowest BCUT2D eigenvalue weighted by atomic mass is 9.81. The van der Waals surface area contributed by atoms with Crippen LogP contribution in [-0.4, -0.2) is 40.8 Å². The number of nitrogens with zero attached hydrogens (tertiary/aromatic N) is 3. The van der Waals surface area contributed by atoms with Gasteiger partial charge in [0.25, 0.3) is 5.91 Å². The lowest BCUT2D eigenvalue weighted by Crippen LogP contribution is -2.49. The summed E-state index contributed by atoms with van der Waals surface area (Å²) >= 11 is 0. The third-order valence-electron chi connectivity index (χ3n) is 7.26. The summed E-state index contributed by atoms with van der Waals surface area (Å²) in [7, 11) is 0. The Morgan fingerprint density at radius 1 is 0.886 bits per heavy atom. The molecular weight excluding hydrogens is 571 g/mol. The summed E-state index contributed by atoms with van der Waals surface area (Å²) in [5, 5.41) is 2.64. The number of benzodiazepines with no additional fused rings is 1. The van der Waals surface area contributed by atoms with Crippen molar-refractivity contribution in [2.45, 2.75) is 31.1 Å². The highest BCUT2D eigenvalue weighted by Crippen LogP contribution is 2.35. The van der Waals surface area contributed by atoms with Gasteiger partial charge in [-0.05, 0) is 30.2 Å². The van der Waals surface area contributed by atoms with Gasteiger partial charge in [0.2, 0.25) is 18.0 Å². The van der Waals surface area contributed by atoms with E-state index in [0.717, 1.165) is 0 Å². The van der Waals surface area contributed by atoms with E-state index >= 15 is 0 Å². The van der Waals surface area contributed by atoms with Crippen molar-refractivity contribution >= 4 is 34.9 Å². The maximum atomic E-state index is 14.3. The third-order valence-corrected chi connectivity index (χ3v) is 7.26. The number of nitrogens with one attached hydrogen (secondary N) is 1. The second-order valence-corrected chi connectivity index (χ2v) is 10.2. The van der Waals surface area contributed by atoms with Gasteiger partial charge in [0.1, 0.15) is 5.82 Å². The standard InChI is InChI=1S/C33H28F3N5O3/c34-33(35,36)19-18-24(29(37)42)27(21-11-3-1-4-12-21)31(43)40-30-32(44)41(26-17-9-10-20-38-26)25-16-8-7-15-23(25)28(39-30)22-13-5-2-6-14-22/h1-17,20,24,27,30H,18-19H2,(H2,37,42)(H,40,43)/t24-,27+,30-/m1/s1. The lowest BCUT2D eigenvalue weighted by molar-refractivity contribution is -0.143. The number of carbonyl (C=O) groups excluding carboxylic acids is 3. The average molecular weight is 600 g/mol. The highest BCUT2D eigenvalue weighted by Gasteiger charge is 2.40. The van der Waals surface area contributed by atoms with Crippen LogP contribution in [0.1, 0.15) is 35.4 Å². The van der Waals surface area contributed by atoms with E-state index in [1.807, 2.05) is 18.2 Å². The van der Waals surface area contributed by atoms with E-state index in [1.54, 1.807) is 72.8 Å². The lowest BCUT2D eigenvalue weighted by Gasteiger charge is -2.28. The maximum absolute atomic E-state index is 14.3. The Bertz CT molecular complexity index is 1660. The number of fused-ring (bicyclic) bond motifs is 1. The molecule has 1 aliphatic heterocycles. The zero-order chi connectivity index (χ0) is 31.3. The second-order valence-electron chi connectivity index (χ2n) is 10.2. The summed E-state index contributed by atoms with van der Waals surface area (Å²) in [6.45, 7) is 0. The number of carbonyl (C=O) groups is 3. The van der Waals surface area contributed by atoms with Crippen LogP contribution in [0.3, 0.4) is 0 Å². The largest absolute Gasteiger partial charge is 0.389 e. The minimum absolute atomic E-state index is 0.272. The third kappa shape index (κ3) is 6.67. The van der Waals surface area contributed by atoms with Crippen LogP contribution in [0.5, 0.6) is 0 Å². The van der Waals surface area contributed by atoms with Crippen LogP contribution in [0, 0.1) is 5.92 Å². The summed E-state index contributed by atoms with van der Waals surface area (Å²) in [5.41, 5.74) is 7.98. The number of hydrogen-bond donors (Lipinski definition) is 2. The minimum atomic E-state index is -4.58. The van der Waals surface area contributed by atoms with Crippen LogP contribution in [-0.2, 0) is 14.4 Å². The van der Waals surface area contributed by atoms with Crippen molar-refractivity contribution < 1.29 is 27.6 Å². The molecule has 5 rings (SSSR count). The molecule has 0 spiro atoms. The van der Waals surface area contributed by atoms with Gasteiger partial charge < -0.3 is 11.1 Å². The van der Waals surface area contributed by atoms with Crippen molar-refractivity contribution in [3.63, 3.8) is 0 Å². The maximum Gasteiger partial charge on any atom is 0.389 e. The Labute approximate surface area is 251 Å². The Hall–Kier alpha value is -5.32. The average Bonchev–Trinajstić information content (AvgIpc) is 3.14. The van der Waals surface area contributed by atoms with Gasteiger partial charge in [-0.25, -0.2) is 9.98 Å². The molecule has 3 N–H and O–H groups in total. The predicted molar refractivity (Wildman–Crippen MR) is 159 cm³/mol. The van der Waals surface area contributed by atoms with E-state index in [1.165, 1.54) is 23.2 Å². The number of pyridine rings is 1. The number of alkyl halides is 3. The van der Waals surface area contributed by atoms with Gasteiger partial charge in [-0.3, -0.25) is 19.3 Å². The number of aliphatic imine (C=N–C) groups is 1. The predicted octanol–water partition coefficient (Wildman–Crippen LogP) is 5.27. The van der Waals surface area contributed by atoms with Gasteiger partial charge >= 0.3 is 6.18 Å². The molecular formula is C33H28F3N5O3. The number of aromatic nitrogens is 1. The van der Waals surface area contributed by atoms with E-state index < -0.39 is 54.7 Å². The molecule has 1 aliphatic rings. The number of hydrogen-bond acceptors (Lipinski definition) is 5. The van der Waals surface area contributed by atoms with Crippen molar-refractivity contribution in [2.75, 3.05) is 4.90 Å². The van der Waals surface area contributed by atoms with Crippen molar-refractivity contribution in [1.29, 1.82) is 0 Å². The highest BCUT2D eigenvalue weighted by atomic mass is 19.4. The Morgan fingerprint density at radius 2 is 1.52 bits per heavy atom. The Kier molecular flexibility index (Phi) is 8.84. The smallest absolute Gasteiger partial charge is 0.369 e. The molecule has 44 heavy (non-hydrogen) atoms. The fourth-order valence-corrected chi connectivity index (χ4v) is 5.25. The molecule has 0 saturated heterocycles. The van der Waals surface area contributed by atoms with Crippen molar-refractivity contribution in [3.8, 4) is 0 Å². The monoisotopic (exact) mass is 599 g/mol. The van der Waals surface area contributed by atoms with E-state index in [-0.39, 0.29) is 11.4 Å². The van der Waals surface area contributed by atoms with Crippen molar-refractivity contribution in [2.24, 2.45) is 16.6 Å². The van der Waals surface area contributed by atoms with Crippen LogP contribution in [0.15, 0.2) is 114 Å². The number of rotatable bonds is 9. The highest BCUT2D eigenvalue weighted by molar-refractivity contribution is 6.21. The summed E-state index contributed by atoms with van der Waals surface area (Å²) < 4.78 is 39.7. The van der Waals surface area contributed by atoms with Crippen LogP contribution in [0.4, 0.5) is 24.7 Å². The molecule has 3 aromatic carbocycles. The minimum Gasteiger partial charge on any atom is -0.369 e. The molecule has 1 aromatic heterocycles. The summed E-state index contributed by atoms with van der Waals surface area (Å²) in [6.07, 6.45) is -6.62. The van der Waals surface area contributed by atoms with Crippen LogP contribution < -0.4 is 16.0 Å². The zero-order valence-corrected chi connectivity index (χ0v) is 23.3. The second kappa shape index (κ2) is 12.9. The Morgan fingerprint density at radius 3 is 2.16 bits per heavy atom. The van der Waals surface area contributed by atoms with Crippen molar-refractivity contribution in [3.05, 3.63) is 126 Å². The molecule has 0 radical (unpaired) electrons. The summed E-state index contributed by atoms with van der Waals surface area (Å²) in [6, 6.07) is 29.1. The molecule has 2 heterocycles. The molecule has 0 unspecified atom stereocenters. The first-order valence-electron chi connectivity index (χ1n) is 13.8. The van der Waals surface area contributed by atoms with Gasteiger partial charge in [0, 0.05) is 23.7 Å². The first-order chi connectivity index (χ1) is 21.1. The van der Waals surface area contributed by atoms with Gasteiger partial charge in [-0.2, -0.15) is 13.2 Å². The molecule has 0 bridgehead atoms. The molecule has 11 heteroatoms. The number of halogens is 3. The molecule has 0 saturated carbocycles. The van der Waals surface area contributed by atoms with Gasteiger partial charge in [-0.1, -0.05) is 84.9 Å². The number of nitrogens with two attached hydrogens (primary N) is 1.